The van der Waals surface area contributed by atoms with Crippen LogP contribution in [-0.2, 0) is 19.4 Å². The summed E-state index contributed by atoms with van der Waals surface area (Å²) in [6, 6.07) is 8.81. The quantitative estimate of drug-likeness (QED) is 0.725. The largest absolute Gasteiger partial charge is 0.321 e. The van der Waals surface area contributed by atoms with Gasteiger partial charge in [0.1, 0.15) is 0 Å². The highest BCUT2D eigenvalue weighted by atomic mass is 16.1. The Bertz CT molecular complexity index is 1060. The Labute approximate surface area is 154 Å². The van der Waals surface area contributed by atoms with Crippen molar-refractivity contribution in [1.29, 1.82) is 0 Å². The molecule has 0 bridgehead atoms. The van der Waals surface area contributed by atoms with E-state index < -0.39 is 0 Å². The SMILES string of the molecule is CCc1c(-c2ccc(C)cc2)c(C)c2c3c(c(=O)[nH]c2c1C)CNCC3. The summed E-state index contributed by atoms with van der Waals surface area (Å²) < 4.78 is 0. The number of aryl methyl sites for hydroxylation is 3. The average Bonchev–Trinajstić information content (AvgIpc) is 2.65. The van der Waals surface area contributed by atoms with Gasteiger partial charge in [0.15, 0.2) is 0 Å². The van der Waals surface area contributed by atoms with Gasteiger partial charge in [0.25, 0.3) is 5.56 Å². The third-order valence-electron chi connectivity index (χ3n) is 5.86. The fraction of sp³-hybridized carbons (Fsp3) is 0.348. The van der Waals surface area contributed by atoms with Crippen molar-refractivity contribution in [2.45, 2.75) is 47.1 Å². The molecule has 1 aromatic heterocycles. The van der Waals surface area contributed by atoms with E-state index in [-0.39, 0.29) is 5.56 Å². The molecule has 0 unspecified atom stereocenters. The standard InChI is InChI=1S/C23H26N2O/c1-5-17-14(3)22-21(18-10-11-24-12-19(18)23(26)25-22)15(4)20(17)16-8-6-13(2)7-9-16/h6-9,24H,5,10-12H2,1-4H3,(H,25,26). The number of hydrogen-bond acceptors (Lipinski definition) is 2. The average molecular weight is 346 g/mol. The molecule has 134 valence electrons. The first-order chi connectivity index (χ1) is 12.5. The van der Waals surface area contributed by atoms with Gasteiger partial charge >= 0.3 is 0 Å². The van der Waals surface area contributed by atoms with Crippen LogP contribution in [0.3, 0.4) is 0 Å². The summed E-state index contributed by atoms with van der Waals surface area (Å²) in [5, 5.41) is 4.59. The lowest BCUT2D eigenvalue weighted by molar-refractivity contribution is 0.640. The highest BCUT2D eigenvalue weighted by Gasteiger charge is 2.22. The number of fused-ring (bicyclic) bond motifs is 3. The lowest BCUT2D eigenvalue weighted by Crippen LogP contribution is -2.31. The maximum absolute atomic E-state index is 12.6. The summed E-state index contributed by atoms with van der Waals surface area (Å²) in [6.45, 7) is 10.3. The Morgan fingerprint density at radius 1 is 1.00 bits per heavy atom. The number of nitrogens with one attached hydrogen (secondary N) is 2. The summed E-state index contributed by atoms with van der Waals surface area (Å²) >= 11 is 0. The molecule has 0 saturated carbocycles. The first kappa shape index (κ1) is 17.0. The fourth-order valence-corrected chi connectivity index (χ4v) is 4.52. The summed E-state index contributed by atoms with van der Waals surface area (Å²) in [5.41, 5.74) is 11.0. The topological polar surface area (TPSA) is 44.9 Å². The highest BCUT2D eigenvalue weighted by Crippen LogP contribution is 2.38. The zero-order valence-electron chi connectivity index (χ0n) is 16.0. The van der Waals surface area contributed by atoms with Gasteiger partial charge in [-0.15, -0.1) is 0 Å². The number of aromatic amines is 1. The maximum atomic E-state index is 12.6. The Balaban J connectivity index is 2.16. The highest BCUT2D eigenvalue weighted by molar-refractivity contribution is 5.96. The molecule has 26 heavy (non-hydrogen) atoms. The van der Waals surface area contributed by atoms with Crippen molar-refractivity contribution >= 4 is 10.9 Å². The molecular formula is C23H26N2O. The first-order valence-electron chi connectivity index (χ1n) is 9.50. The van der Waals surface area contributed by atoms with E-state index in [4.69, 9.17) is 0 Å². The molecule has 2 N–H and O–H groups in total. The van der Waals surface area contributed by atoms with Crippen molar-refractivity contribution in [1.82, 2.24) is 10.3 Å². The molecule has 4 rings (SSSR count). The second-order valence-electron chi connectivity index (χ2n) is 7.41. The van der Waals surface area contributed by atoms with Crippen molar-refractivity contribution in [3.63, 3.8) is 0 Å². The van der Waals surface area contributed by atoms with Gasteiger partial charge in [-0.05, 0) is 73.5 Å². The van der Waals surface area contributed by atoms with Gasteiger partial charge in [0.2, 0.25) is 0 Å². The number of hydrogen-bond donors (Lipinski definition) is 2. The van der Waals surface area contributed by atoms with Crippen LogP contribution in [0.1, 0.15) is 40.3 Å². The zero-order valence-corrected chi connectivity index (χ0v) is 16.0. The maximum Gasteiger partial charge on any atom is 0.253 e. The van der Waals surface area contributed by atoms with Crippen molar-refractivity contribution in [3.05, 3.63) is 68.0 Å². The first-order valence-corrected chi connectivity index (χ1v) is 9.50. The smallest absolute Gasteiger partial charge is 0.253 e. The molecule has 0 atom stereocenters. The summed E-state index contributed by atoms with van der Waals surface area (Å²) in [5.74, 6) is 0. The number of rotatable bonds is 2. The third kappa shape index (κ3) is 2.50. The molecule has 1 aliphatic rings. The lowest BCUT2D eigenvalue weighted by Gasteiger charge is -2.24. The molecule has 0 amide bonds. The Morgan fingerprint density at radius 2 is 1.73 bits per heavy atom. The van der Waals surface area contributed by atoms with Crippen LogP contribution in [0.5, 0.6) is 0 Å². The Kier molecular flexibility index (Phi) is 4.20. The number of pyridine rings is 1. The van der Waals surface area contributed by atoms with Crippen molar-refractivity contribution < 1.29 is 0 Å². The van der Waals surface area contributed by atoms with Crippen molar-refractivity contribution in [2.24, 2.45) is 0 Å². The van der Waals surface area contributed by atoms with Gasteiger partial charge in [0, 0.05) is 17.5 Å². The van der Waals surface area contributed by atoms with Crippen LogP contribution >= 0.6 is 0 Å². The van der Waals surface area contributed by atoms with E-state index in [1.165, 1.54) is 44.3 Å². The number of benzene rings is 2. The number of H-pyrrole nitrogens is 1. The second kappa shape index (κ2) is 6.40. The van der Waals surface area contributed by atoms with Crippen LogP contribution in [0.4, 0.5) is 0 Å². The van der Waals surface area contributed by atoms with E-state index in [1.807, 2.05) is 0 Å². The number of aromatic nitrogens is 1. The van der Waals surface area contributed by atoms with Gasteiger partial charge in [-0.3, -0.25) is 4.79 Å². The molecule has 3 aromatic rings. The Hall–Kier alpha value is -2.39. The van der Waals surface area contributed by atoms with Crippen LogP contribution in [0.25, 0.3) is 22.0 Å². The van der Waals surface area contributed by atoms with Gasteiger partial charge in [-0.2, -0.15) is 0 Å². The predicted molar refractivity (Wildman–Crippen MR) is 109 cm³/mol. The molecule has 2 heterocycles. The van der Waals surface area contributed by atoms with E-state index in [0.29, 0.717) is 6.54 Å². The molecular weight excluding hydrogens is 320 g/mol. The van der Waals surface area contributed by atoms with E-state index in [1.54, 1.807) is 0 Å². The van der Waals surface area contributed by atoms with Gasteiger partial charge in [-0.1, -0.05) is 36.8 Å². The van der Waals surface area contributed by atoms with E-state index in [2.05, 4.69) is 62.3 Å². The monoisotopic (exact) mass is 346 g/mol. The van der Waals surface area contributed by atoms with Crippen LogP contribution in [-0.4, -0.2) is 11.5 Å². The van der Waals surface area contributed by atoms with Crippen molar-refractivity contribution in [3.8, 4) is 11.1 Å². The minimum absolute atomic E-state index is 0.0624. The minimum atomic E-state index is 0.0624. The van der Waals surface area contributed by atoms with Crippen LogP contribution in [0.2, 0.25) is 0 Å². The van der Waals surface area contributed by atoms with E-state index in [0.717, 1.165) is 30.5 Å². The van der Waals surface area contributed by atoms with Gasteiger partial charge in [0.05, 0.1) is 5.52 Å². The van der Waals surface area contributed by atoms with Gasteiger partial charge in [-0.25, -0.2) is 0 Å². The van der Waals surface area contributed by atoms with Gasteiger partial charge < -0.3 is 10.3 Å². The fourth-order valence-electron chi connectivity index (χ4n) is 4.52. The van der Waals surface area contributed by atoms with Crippen molar-refractivity contribution in [2.75, 3.05) is 6.54 Å². The summed E-state index contributed by atoms with van der Waals surface area (Å²) in [4.78, 5) is 15.8. The Morgan fingerprint density at radius 3 is 2.42 bits per heavy atom. The second-order valence-corrected chi connectivity index (χ2v) is 7.41. The molecule has 3 heteroatoms. The molecule has 0 radical (unpaired) electrons. The van der Waals surface area contributed by atoms with Crippen LogP contribution in [0.15, 0.2) is 29.1 Å². The van der Waals surface area contributed by atoms with Crippen LogP contribution < -0.4 is 10.9 Å². The minimum Gasteiger partial charge on any atom is -0.321 e. The molecule has 3 nitrogen and oxygen atoms in total. The summed E-state index contributed by atoms with van der Waals surface area (Å²) in [6.07, 6.45) is 1.86. The van der Waals surface area contributed by atoms with E-state index in [9.17, 15) is 4.79 Å². The van der Waals surface area contributed by atoms with Crippen LogP contribution in [0, 0.1) is 20.8 Å². The molecule has 0 fully saturated rings. The molecule has 2 aromatic carbocycles. The molecule has 1 aliphatic heterocycles. The third-order valence-corrected chi connectivity index (χ3v) is 5.86. The summed E-state index contributed by atoms with van der Waals surface area (Å²) in [7, 11) is 0. The normalized spacial score (nSPS) is 13.8. The van der Waals surface area contributed by atoms with E-state index >= 15 is 0 Å². The molecule has 0 saturated heterocycles. The zero-order chi connectivity index (χ0) is 18.4. The lowest BCUT2D eigenvalue weighted by atomic mass is 9.84. The molecule has 0 spiro atoms. The predicted octanol–water partition coefficient (Wildman–Crippen LogP) is 4.33. The molecule has 0 aliphatic carbocycles.